The fourth-order valence-corrected chi connectivity index (χ4v) is 3.57. The number of hydrogen-bond acceptors (Lipinski definition) is 3. The van der Waals surface area contributed by atoms with Crippen LogP contribution in [0.3, 0.4) is 0 Å². The molecule has 0 saturated heterocycles. The Morgan fingerprint density at radius 3 is 1.85 bits per heavy atom. The summed E-state index contributed by atoms with van der Waals surface area (Å²) < 4.78 is 0. The second-order valence-electron chi connectivity index (χ2n) is 6.51. The van der Waals surface area contributed by atoms with E-state index in [-0.39, 0.29) is 18.3 Å². The molecular formula is C23H24O3. The molecule has 0 heterocycles. The van der Waals surface area contributed by atoms with Crippen molar-refractivity contribution < 1.29 is 15.3 Å². The summed E-state index contributed by atoms with van der Waals surface area (Å²) in [5.74, 6) is -0.0708. The molecule has 0 aliphatic carbocycles. The molecule has 0 aromatic heterocycles. The Labute approximate surface area is 154 Å². The quantitative estimate of drug-likeness (QED) is 0.600. The molecule has 0 aliphatic rings. The molecule has 3 rings (SSSR count). The van der Waals surface area contributed by atoms with Gasteiger partial charge in [-0.3, -0.25) is 0 Å². The summed E-state index contributed by atoms with van der Waals surface area (Å²) in [6.45, 7) is 0.0732. The van der Waals surface area contributed by atoms with E-state index in [1.165, 1.54) is 0 Å². The lowest BCUT2D eigenvalue weighted by atomic mass is 9.71. The molecule has 0 saturated carbocycles. The number of rotatable bonds is 7. The van der Waals surface area contributed by atoms with Gasteiger partial charge in [-0.25, -0.2) is 0 Å². The Hall–Kier alpha value is -2.62. The second-order valence-corrected chi connectivity index (χ2v) is 6.51. The van der Waals surface area contributed by atoms with E-state index in [0.29, 0.717) is 18.4 Å². The molecule has 3 aromatic carbocycles. The zero-order chi connectivity index (χ0) is 18.4. The molecule has 0 aliphatic heterocycles. The van der Waals surface area contributed by atoms with E-state index in [2.05, 4.69) is 0 Å². The van der Waals surface area contributed by atoms with Crippen LogP contribution in [0.2, 0.25) is 0 Å². The van der Waals surface area contributed by atoms with Gasteiger partial charge in [0, 0.05) is 12.5 Å². The largest absolute Gasteiger partial charge is 0.508 e. The van der Waals surface area contributed by atoms with Crippen LogP contribution in [0, 0.1) is 0 Å². The van der Waals surface area contributed by atoms with Gasteiger partial charge in [-0.2, -0.15) is 0 Å². The summed E-state index contributed by atoms with van der Waals surface area (Å²) in [5, 5.41) is 31.1. The van der Waals surface area contributed by atoms with Crippen LogP contribution in [0.4, 0.5) is 0 Å². The van der Waals surface area contributed by atoms with E-state index in [9.17, 15) is 15.3 Å². The van der Waals surface area contributed by atoms with E-state index < -0.39 is 5.60 Å². The van der Waals surface area contributed by atoms with Gasteiger partial charge in [0.05, 0.1) is 0 Å². The van der Waals surface area contributed by atoms with Crippen molar-refractivity contribution in [1.29, 1.82) is 0 Å². The number of aliphatic hydroxyl groups excluding tert-OH is 1. The first-order chi connectivity index (χ1) is 12.7. The molecular weight excluding hydrogens is 324 g/mol. The topological polar surface area (TPSA) is 60.7 Å². The molecule has 3 N–H and O–H groups in total. The van der Waals surface area contributed by atoms with Crippen molar-refractivity contribution in [1.82, 2.24) is 0 Å². The third-order valence-corrected chi connectivity index (χ3v) is 4.88. The van der Waals surface area contributed by atoms with Gasteiger partial charge in [-0.15, -0.1) is 0 Å². The highest BCUT2D eigenvalue weighted by Crippen LogP contribution is 2.45. The van der Waals surface area contributed by atoms with Crippen LogP contribution in [0.15, 0.2) is 84.9 Å². The van der Waals surface area contributed by atoms with Crippen molar-refractivity contribution in [3.8, 4) is 5.75 Å². The Kier molecular flexibility index (Phi) is 5.71. The first-order valence-electron chi connectivity index (χ1n) is 8.89. The summed E-state index contributed by atoms with van der Waals surface area (Å²) in [6.07, 6.45) is 1.22. The number of aromatic hydroxyl groups is 1. The first kappa shape index (κ1) is 18.2. The van der Waals surface area contributed by atoms with E-state index in [4.69, 9.17) is 0 Å². The lowest BCUT2D eigenvalue weighted by molar-refractivity contribution is 0.0434. The van der Waals surface area contributed by atoms with Crippen LogP contribution in [-0.2, 0) is 5.60 Å². The van der Waals surface area contributed by atoms with Gasteiger partial charge in [-0.05, 0) is 41.7 Å². The third-order valence-electron chi connectivity index (χ3n) is 4.88. The van der Waals surface area contributed by atoms with Crippen molar-refractivity contribution >= 4 is 0 Å². The molecule has 0 amide bonds. The van der Waals surface area contributed by atoms with Gasteiger partial charge in [-0.1, -0.05) is 72.8 Å². The average molecular weight is 348 g/mol. The number of aliphatic hydroxyl groups is 2. The van der Waals surface area contributed by atoms with Crippen molar-refractivity contribution in [2.45, 2.75) is 24.4 Å². The fourth-order valence-electron chi connectivity index (χ4n) is 3.57. The molecule has 0 spiro atoms. The van der Waals surface area contributed by atoms with Crippen LogP contribution in [-0.4, -0.2) is 21.9 Å². The minimum Gasteiger partial charge on any atom is -0.508 e. The SMILES string of the molecule is OCCCC(c1ccccc1)C(O)(c1ccccc1)c1ccc(O)cc1. The number of benzene rings is 3. The maximum Gasteiger partial charge on any atom is 0.121 e. The summed E-state index contributed by atoms with van der Waals surface area (Å²) in [7, 11) is 0. The zero-order valence-electron chi connectivity index (χ0n) is 14.6. The highest BCUT2D eigenvalue weighted by molar-refractivity contribution is 5.43. The molecule has 2 unspecified atom stereocenters. The van der Waals surface area contributed by atoms with E-state index in [0.717, 1.165) is 11.1 Å². The summed E-state index contributed by atoms with van der Waals surface area (Å²) in [4.78, 5) is 0. The van der Waals surface area contributed by atoms with Crippen LogP contribution < -0.4 is 0 Å². The van der Waals surface area contributed by atoms with E-state index >= 15 is 0 Å². The minimum atomic E-state index is -1.27. The Morgan fingerprint density at radius 1 is 0.731 bits per heavy atom. The lowest BCUT2D eigenvalue weighted by Crippen LogP contribution is -2.35. The molecule has 26 heavy (non-hydrogen) atoms. The summed E-state index contributed by atoms with van der Waals surface area (Å²) >= 11 is 0. The highest BCUT2D eigenvalue weighted by Gasteiger charge is 2.40. The van der Waals surface area contributed by atoms with Crippen molar-refractivity contribution in [3.05, 3.63) is 102 Å². The van der Waals surface area contributed by atoms with Crippen LogP contribution in [0.5, 0.6) is 5.75 Å². The Balaban J connectivity index is 2.18. The maximum absolute atomic E-state index is 12.0. The fraction of sp³-hybridized carbons (Fsp3) is 0.217. The van der Waals surface area contributed by atoms with Crippen molar-refractivity contribution in [3.63, 3.8) is 0 Å². The molecule has 3 nitrogen and oxygen atoms in total. The van der Waals surface area contributed by atoms with Gasteiger partial charge in [0.25, 0.3) is 0 Å². The molecule has 3 aromatic rings. The Morgan fingerprint density at radius 2 is 1.27 bits per heavy atom. The van der Waals surface area contributed by atoms with Crippen LogP contribution in [0.25, 0.3) is 0 Å². The van der Waals surface area contributed by atoms with Gasteiger partial charge in [0.2, 0.25) is 0 Å². The lowest BCUT2D eigenvalue weighted by Gasteiger charge is -2.38. The average Bonchev–Trinajstić information content (AvgIpc) is 2.70. The van der Waals surface area contributed by atoms with Gasteiger partial charge in [0.15, 0.2) is 0 Å². The molecule has 3 heteroatoms. The normalized spacial score (nSPS) is 14.5. The standard InChI is InChI=1S/C23H24O3/c24-17-7-12-22(18-8-3-1-4-9-18)23(26,19-10-5-2-6-11-19)20-13-15-21(25)16-14-20/h1-6,8-11,13-16,22,24-26H,7,12,17H2. The van der Waals surface area contributed by atoms with E-state index in [1.54, 1.807) is 24.3 Å². The number of phenols is 1. The maximum atomic E-state index is 12.0. The predicted octanol–water partition coefficient (Wildman–Crippen LogP) is 4.18. The molecule has 134 valence electrons. The monoisotopic (exact) mass is 348 g/mol. The molecule has 2 atom stereocenters. The number of hydrogen-bond donors (Lipinski definition) is 3. The summed E-state index contributed by atoms with van der Waals surface area (Å²) in [5.41, 5.74) is 1.25. The predicted molar refractivity (Wildman–Crippen MR) is 103 cm³/mol. The van der Waals surface area contributed by atoms with E-state index in [1.807, 2.05) is 60.7 Å². The van der Waals surface area contributed by atoms with Gasteiger partial charge >= 0.3 is 0 Å². The van der Waals surface area contributed by atoms with Gasteiger partial charge < -0.3 is 15.3 Å². The molecule has 0 fully saturated rings. The second kappa shape index (κ2) is 8.17. The van der Waals surface area contributed by atoms with Crippen molar-refractivity contribution in [2.75, 3.05) is 6.61 Å². The summed E-state index contributed by atoms with van der Waals surface area (Å²) in [6, 6.07) is 26.2. The van der Waals surface area contributed by atoms with Crippen molar-refractivity contribution in [2.24, 2.45) is 0 Å². The minimum absolute atomic E-state index is 0.0732. The first-order valence-corrected chi connectivity index (χ1v) is 8.89. The molecule has 0 radical (unpaired) electrons. The van der Waals surface area contributed by atoms with Gasteiger partial charge in [0.1, 0.15) is 11.4 Å². The van der Waals surface area contributed by atoms with Crippen LogP contribution >= 0.6 is 0 Å². The van der Waals surface area contributed by atoms with Crippen LogP contribution in [0.1, 0.15) is 35.4 Å². The smallest absolute Gasteiger partial charge is 0.121 e. The Bertz CT molecular complexity index is 800. The number of phenolic OH excluding ortho intramolecular Hbond substituents is 1. The highest BCUT2D eigenvalue weighted by atomic mass is 16.3. The zero-order valence-corrected chi connectivity index (χ0v) is 14.6. The third kappa shape index (κ3) is 3.64. The molecule has 0 bridgehead atoms.